The van der Waals surface area contributed by atoms with Gasteiger partial charge < -0.3 is 10.0 Å². The number of amides is 1. The minimum absolute atomic E-state index is 0.166. The molecule has 0 spiro atoms. The summed E-state index contributed by atoms with van der Waals surface area (Å²) in [6.07, 6.45) is 7.22. The van der Waals surface area contributed by atoms with Crippen LogP contribution in [0.1, 0.15) is 37.5 Å². The molecule has 128 valence electrons. The van der Waals surface area contributed by atoms with Gasteiger partial charge in [0.15, 0.2) is 0 Å². The Kier molecular flexibility index (Phi) is 5.53. The van der Waals surface area contributed by atoms with Crippen LogP contribution in [0.2, 0.25) is 0 Å². The molecule has 0 unspecified atom stereocenters. The van der Waals surface area contributed by atoms with Crippen molar-refractivity contribution in [1.29, 1.82) is 0 Å². The Bertz CT molecular complexity index is 624. The number of nitrogens with zero attached hydrogens (tertiary/aromatic N) is 5. The quantitative estimate of drug-likeness (QED) is 0.866. The molecule has 1 N–H and O–H groups in total. The van der Waals surface area contributed by atoms with Crippen molar-refractivity contribution in [1.82, 2.24) is 24.6 Å². The lowest BCUT2D eigenvalue weighted by molar-refractivity contribution is -0.133. The second-order valence-electron chi connectivity index (χ2n) is 6.18. The summed E-state index contributed by atoms with van der Waals surface area (Å²) < 4.78 is 1.74. The van der Waals surface area contributed by atoms with Crippen molar-refractivity contribution >= 4 is 5.91 Å². The van der Waals surface area contributed by atoms with Crippen LogP contribution in [0.25, 0.3) is 0 Å². The Balaban J connectivity index is 1.42. The minimum atomic E-state index is -0.546. The standard InChI is InChI=1S/C17H23N5O2/c23-16(5-3-9-22-13-18-12-20-22)21-10-6-14(7-11-21)17(24)15-4-1-2-8-19-15/h1-2,4,8,12-14,17,24H,3,5-7,9-11H2/t17-/m0/s1. The summed E-state index contributed by atoms with van der Waals surface area (Å²) in [5, 5.41) is 14.5. The van der Waals surface area contributed by atoms with E-state index in [2.05, 4.69) is 15.1 Å². The van der Waals surface area contributed by atoms with Crippen molar-refractivity contribution in [2.24, 2.45) is 5.92 Å². The molecule has 1 amide bonds. The first-order valence-corrected chi connectivity index (χ1v) is 8.43. The van der Waals surface area contributed by atoms with Crippen LogP contribution >= 0.6 is 0 Å². The van der Waals surface area contributed by atoms with Crippen LogP contribution < -0.4 is 0 Å². The predicted molar refractivity (Wildman–Crippen MR) is 87.8 cm³/mol. The molecule has 1 saturated heterocycles. The Labute approximate surface area is 141 Å². The Morgan fingerprint density at radius 1 is 1.33 bits per heavy atom. The molecule has 0 aliphatic carbocycles. The predicted octanol–water partition coefficient (Wildman–Crippen LogP) is 1.43. The third-order valence-corrected chi connectivity index (χ3v) is 4.57. The van der Waals surface area contributed by atoms with Gasteiger partial charge in [-0.3, -0.25) is 14.5 Å². The van der Waals surface area contributed by atoms with E-state index in [9.17, 15) is 9.90 Å². The first-order valence-electron chi connectivity index (χ1n) is 8.43. The normalized spacial score (nSPS) is 17.0. The van der Waals surface area contributed by atoms with Crippen molar-refractivity contribution in [2.75, 3.05) is 13.1 Å². The summed E-state index contributed by atoms with van der Waals surface area (Å²) in [6, 6.07) is 5.59. The van der Waals surface area contributed by atoms with Gasteiger partial charge in [-0.1, -0.05) is 6.07 Å². The first kappa shape index (κ1) is 16.6. The average molecular weight is 329 g/mol. The van der Waals surface area contributed by atoms with Gasteiger partial charge in [0.25, 0.3) is 0 Å². The highest BCUT2D eigenvalue weighted by atomic mass is 16.3. The fraction of sp³-hybridized carbons (Fsp3) is 0.529. The van der Waals surface area contributed by atoms with Gasteiger partial charge >= 0.3 is 0 Å². The molecule has 2 aromatic rings. The van der Waals surface area contributed by atoms with Crippen molar-refractivity contribution in [3.8, 4) is 0 Å². The number of aliphatic hydroxyl groups is 1. The van der Waals surface area contributed by atoms with E-state index < -0.39 is 6.10 Å². The molecule has 0 saturated carbocycles. The highest BCUT2D eigenvalue weighted by Crippen LogP contribution is 2.29. The molecule has 24 heavy (non-hydrogen) atoms. The van der Waals surface area contributed by atoms with Crippen LogP contribution in [-0.2, 0) is 11.3 Å². The van der Waals surface area contributed by atoms with Crippen molar-refractivity contribution < 1.29 is 9.90 Å². The second-order valence-corrected chi connectivity index (χ2v) is 6.18. The van der Waals surface area contributed by atoms with E-state index in [0.29, 0.717) is 26.1 Å². The maximum absolute atomic E-state index is 12.3. The molecule has 7 nitrogen and oxygen atoms in total. The van der Waals surface area contributed by atoms with Gasteiger partial charge in [-0.05, 0) is 37.3 Å². The molecule has 0 aromatic carbocycles. The molecule has 1 aliphatic rings. The van der Waals surface area contributed by atoms with E-state index in [1.807, 2.05) is 23.1 Å². The van der Waals surface area contributed by atoms with Gasteiger partial charge in [0.2, 0.25) is 5.91 Å². The van der Waals surface area contributed by atoms with E-state index >= 15 is 0 Å². The molecular weight excluding hydrogens is 306 g/mol. The Morgan fingerprint density at radius 3 is 2.83 bits per heavy atom. The number of aliphatic hydroxyl groups excluding tert-OH is 1. The largest absolute Gasteiger partial charge is 0.387 e. The number of carbonyl (C=O) groups is 1. The number of hydrogen-bond acceptors (Lipinski definition) is 5. The Hall–Kier alpha value is -2.28. The van der Waals surface area contributed by atoms with Gasteiger partial charge in [0, 0.05) is 32.3 Å². The molecule has 1 aliphatic heterocycles. The van der Waals surface area contributed by atoms with Crippen LogP contribution in [0.3, 0.4) is 0 Å². The fourth-order valence-electron chi connectivity index (χ4n) is 3.16. The van der Waals surface area contributed by atoms with Crippen LogP contribution in [-0.4, -0.2) is 48.8 Å². The molecule has 3 rings (SSSR count). The number of likely N-dealkylation sites (tertiary alicyclic amines) is 1. The average Bonchev–Trinajstić information content (AvgIpc) is 3.15. The van der Waals surface area contributed by atoms with Gasteiger partial charge in [0.1, 0.15) is 12.7 Å². The summed E-state index contributed by atoms with van der Waals surface area (Å²) >= 11 is 0. The molecule has 7 heteroatoms. The smallest absolute Gasteiger partial charge is 0.222 e. The molecular formula is C17H23N5O2. The molecule has 2 aromatic heterocycles. The molecule has 0 bridgehead atoms. The van der Waals surface area contributed by atoms with E-state index in [4.69, 9.17) is 0 Å². The number of aromatic nitrogens is 4. The van der Waals surface area contributed by atoms with Gasteiger partial charge in [-0.25, -0.2) is 4.98 Å². The van der Waals surface area contributed by atoms with Crippen molar-refractivity contribution in [3.63, 3.8) is 0 Å². The lowest BCUT2D eigenvalue weighted by Gasteiger charge is -2.34. The van der Waals surface area contributed by atoms with E-state index in [0.717, 1.165) is 25.0 Å². The summed E-state index contributed by atoms with van der Waals surface area (Å²) in [6.45, 7) is 2.12. The number of aryl methyl sites for hydroxylation is 1. The maximum Gasteiger partial charge on any atom is 0.222 e. The number of piperidine rings is 1. The fourth-order valence-corrected chi connectivity index (χ4v) is 3.16. The third kappa shape index (κ3) is 4.17. The van der Waals surface area contributed by atoms with Crippen molar-refractivity contribution in [3.05, 3.63) is 42.7 Å². The lowest BCUT2D eigenvalue weighted by Crippen LogP contribution is -2.39. The zero-order chi connectivity index (χ0) is 16.8. The molecule has 3 heterocycles. The summed E-state index contributed by atoms with van der Waals surface area (Å²) in [4.78, 5) is 22.3. The first-order chi connectivity index (χ1) is 11.7. The summed E-state index contributed by atoms with van der Waals surface area (Å²) in [5.41, 5.74) is 0.718. The topological polar surface area (TPSA) is 84.1 Å². The van der Waals surface area contributed by atoms with Gasteiger partial charge in [-0.2, -0.15) is 5.10 Å². The highest BCUT2D eigenvalue weighted by Gasteiger charge is 2.28. The monoisotopic (exact) mass is 329 g/mol. The third-order valence-electron chi connectivity index (χ3n) is 4.57. The van der Waals surface area contributed by atoms with Gasteiger partial charge in [-0.15, -0.1) is 0 Å². The van der Waals surface area contributed by atoms with Crippen LogP contribution in [0.5, 0.6) is 0 Å². The maximum atomic E-state index is 12.3. The van der Waals surface area contributed by atoms with Crippen molar-refractivity contribution in [2.45, 2.75) is 38.3 Å². The molecule has 0 radical (unpaired) electrons. The highest BCUT2D eigenvalue weighted by molar-refractivity contribution is 5.76. The minimum Gasteiger partial charge on any atom is -0.387 e. The van der Waals surface area contributed by atoms with E-state index in [1.165, 1.54) is 6.33 Å². The number of carbonyl (C=O) groups excluding carboxylic acids is 1. The zero-order valence-corrected chi connectivity index (χ0v) is 13.7. The van der Waals surface area contributed by atoms with Crippen LogP contribution in [0.4, 0.5) is 0 Å². The number of rotatable bonds is 6. The SMILES string of the molecule is O=C(CCCn1cncn1)N1CCC([C@H](O)c2ccccn2)CC1. The molecule has 1 fully saturated rings. The number of hydrogen-bond donors (Lipinski definition) is 1. The zero-order valence-electron chi connectivity index (χ0n) is 13.7. The summed E-state index contributed by atoms with van der Waals surface area (Å²) in [5.74, 6) is 0.347. The van der Waals surface area contributed by atoms with E-state index in [-0.39, 0.29) is 11.8 Å². The second kappa shape index (κ2) is 8.01. The Morgan fingerprint density at radius 2 is 2.17 bits per heavy atom. The summed E-state index contributed by atoms with van der Waals surface area (Å²) in [7, 11) is 0. The molecule has 1 atom stereocenters. The van der Waals surface area contributed by atoms with Gasteiger partial charge in [0.05, 0.1) is 11.8 Å². The van der Waals surface area contributed by atoms with E-state index in [1.54, 1.807) is 17.2 Å². The number of pyridine rings is 1. The van der Waals surface area contributed by atoms with Crippen LogP contribution in [0, 0.1) is 5.92 Å². The lowest BCUT2D eigenvalue weighted by atomic mass is 9.89. The van der Waals surface area contributed by atoms with Crippen LogP contribution in [0.15, 0.2) is 37.1 Å².